The molecular weight excluding hydrogens is 456 g/mol. The minimum Gasteiger partial charge on any atom is -0.289 e. The van der Waals surface area contributed by atoms with Crippen molar-refractivity contribution in [2.45, 2.75) is 9.79 Å². The van der Waals surface area contributed by atoms with Gasteiger partial charge in [-0.3, -0.25) is 19.2 Å². The Morgan fingerprint density at radius 1 is 0.457 bits per heavy atom. The van der Waals surface area contributed by atoms with Crippen molar-refractivity contribution in [3.63, 3.8) is 0 Å². The van der Waals surface area contributed by atoms with Crippen LogP contribution in [0.3, 0.4) is 0 Å². The Morgan fingerprint density at radius 2 is 0.914 bits per heavy atom. The molecule has 0 amide bonds. The summed E-state index contributed by atoms with van der Waals surface area (Å²) in [5.74, 6) is -0.786. The molecule has 0 radical (unpaired) electrons. The fraction of sp³-hybridized carbons (Fsp3) is 0. The smallest absolute Gasteiger partial charge is 0.195 e. The zero-order valence-corrected chi connectivity index (χ0v) is 19.0. The Hall–Kier alpha value is -4.35. The average Bonchev–Trinajstić information content (AvgIpc) is 2.89. The monoisotopic (exact) mass is 470 g/mol. The van der Waals surface area contributed by atoms with E-state index >= 15 is 0 Å². The molecule has 1 heterocycles. The summed E-state index contributed by atoms with van der Waals surface area (Å²) in [6, 6.07) is 20.6. The molecule has 0 N–H and O–H groups in total. The molecule has 4 aromatic carbocycles. The highest BCUT2D eigenvalue weighted by Gasteiger charge is 2.38. The number of hydrogen-bond acceptors (Lipinski definition) is 5. The van der Waals surface area contributed by atoms with Crippen LogP contribution in [0.15, 0.2) is 89.2 Å². The van der Waals surface area contributed by atoms with Gasteiger partial charge in [0.15, 0.2) is 23.1 Å². The fourth-order valence-corrected chi connectivity index (χ4v) is 6.59. The van der Waals surface area contributed by atoms with Crippen molar-refractivity contribution in [2.75, 3.05) is 0 Å². The van der Waals surface area contributed by atoms with Crippen LogP contribution in [-0.4, -0.2) is 23.1 Å². The lowest BCUT2D eigenvalue weighted by molar-refractivity contribution is 0.0976. The summed E-state index contributed by atoms with van der Waals surface area (Å²) >= 11 is 1.34. The maximum atomic E-state index is 13.5. The van der Waals surface area contributed by atoms with Gasteiger partial charge >= 0.3 is 0 Å². The van der Waals surface area contributed by atoms with E-state index in [9.17, 15) is 19.2 Å². The lowest BCUT2D eigenvalue weighted by Crippen LogP contribution is -2.25. The van der Waals surface area contributed by atoms with Crippen molar-refractivity contribution in [2.24, 2.45) is 0 Å². The molecule has 0 fully saturated rings. The van der Waals surface area contributed by atoms with E-state index in [1.807, 2.05) is 0 Å². The number of benzene rings is 4. The van der Waals surface area contributed by atoms with Crippen LogP contribution in [0, 0.1) is 0 Å². The van der Waals surface area contributed by atoms with Crippen molar-refractivity contribution in [3.8, 4) is 0 Å². The highest BCUT2D eigenvalue weighted by molar-refractivity contribution is 7.99. The van der Waals surface area contributed by atoms with E-state index in [0.29, 0.717) is 66.1 Å². The van der Waals surface area contributed by atoms with E-state index < -0.39 is 0 Å². The van der Waals surface area contributed by atoms with Gasteiger partial charge in [0, 0.05) is 59.9 Å². The summed E-state index contributed by atoms with van der Waals surface area (Å²) in [7, 11) is 0. The van der Waals surface area contributed by atoms with Crippen LogP contribution < -0.4 is 0 Å². The first-order valence-corrected chi connectivity index (χ1v) is 11.9. The molecule has 0 saturated carbocycles. The largest absolute Gasteiger partial charge is 0.289 e. The Labute approximate surface area is 204 Å². The molecule has 164 valence electrons. The standard InChI is InChI=1S/C30H14O4S/c1-14-15-10-11-21-25(29(34)19-9-5-3-7-17(19)27(21)32)30(15)35-22-13-12-20-24(23(14)22)28(33)18-8-4-2-6-16(18)26(20)31/h2-13H,1H2. The van der Waals surface area contributed by atoms with Crippen LogP contribution in [-0.2, 0) is 0 Å². The van der Waals surface area contributed by atoms with Crippen LogP contribution >= 0.6 is 11.8 Å². The molecule has 3 aliphatic rings. The second-order valence-electron chi connectivity index (χ2n) is 8.71. The molecule has 35 heavy (non-hydrogen) atoms. The highest BCUT2D eigenvalue weighted by Crippen LogP contribution is 2.51. The first-order chi connectivity index (χ1) is 17.0. The van der Waals surface area contributed by atoms with Gasteiger partial charge in [0.1, 0.15) is 0 Å². The number of carbonyl (C=O) groups is 4. The van der Waals surface area contributed by atoms with E-state index in [2.05, 4.69) is 6.58 Å². The van der Waals surface area contributed by atoms with Gasteiger partial charge < -0.3 is 0 Å². The predicted octanol–water partition coefficient (Wildman–Crippen LogP) is 5.76. The third-order valence-electron chi connectivity index (χ3n) is 6.94. The summed E-state index contributed by atoms with van der Waals surface area (Å²) in [4.78, 5) is 54.8. The third-order valence-corrected chi connectivity index (χ3v) is 8.13. The minimum atomic E-state index is -0.213. The van der Waals surface area contributed by atoms with Crippen LogP contribution in [0.25, 0.3) is 5.57 Å². The third kappa shape index (κ3) is 2.48. The lowest BCUT2D eigenvalue weighted by atomic mass is 9.78. The molecule has 4 nitrogen and oxygen atoms in total. The molecule has 7 rings (SSSR count). The second-order valence-corrected chi connectivity index (χ2v) is 9.77. The number of rotatable bonds is 0. The van der Waals surface area contributed by atoms with Crippen LogP contribution in [0.1, 0.15) is 74.8 Å². The van der Waals surface area contributed by atoms with Crippen molar-refractivity contribution in [3.05, 3.63) is 135 Å². The molecule has 4 aromatic rings. The highest BCUT2D eigenvalue weighted by atomic mass is 32.2. The van der Waals surface area contributed by atoms with Crippen LogP contribution in [0.5, 0.6) is 0 Å². The fourth-order valence-electron chi connectivity index (χ4n) is 5.30. The molecule has 0 bridgehead atoms. The molecule has 2 aliphatic carbocycles. The number of carbonyl (C=O) groups excluding carboxylic acids is 4. The van der Waals surface area contributed by atoms with Gasteiger partial charge in [-0.2, -0.15) is 0 Å². The van der Waals surface area contributed by atoms with Crippen molar-refractivity contribution < 1.29 is 19.2 Å². The molecule has 0 saturated heterocycles. The summed E-state index contributed by atoms with van der Waals surface area (Å²) in [5.41, 5.74) is 4.88. The number of hydrogen-bond donors (Lipinski definition) is 0. The van der Waals surface area contributed by atoms with E-state index in [4.69, 9.17) is 0 Å². The van der Waals surface area contributed by atoms with Crippen molar-refractivity contribution in [1.82, 2.24) is 0 Å². The van der Waals surface area contributed by atoms with Crippen molar-refractivity contribution >= 4 is 40.5 Å². The maximum absolute atomic E-state index is 13.5. The maximum Gasteiger partial charge on any atom is 0.195 e. The average molecular weight is 471 g/mol. The predicted molar refractivity (Wildman–Crippen MR) is 132 cm³/mol. The Bertz CT molecular complexity index is 1760. The molecular formula is C30H14O4S. The van der Waals surface area contributed by atoms with Gasteiger partial charge in [-0.1, -0.05) is 72.9 Å². The SMILES string of the molecule is C=C1c2ccc3c(c2Sc2ccc4c(c21)C(=O)c1ccccc1C4=O)C(=O)c1ccccc1C3=O. The number of ketones is 4. The van der Waals surface area contributed by atoms with Crippen molar-refractivity contribution in [1.29, 1.82) is 0 Å². The van der Waals surface area contributed by atoms with Gasteiger partial charge in [0.05, 0.1) is 0 Å². The first kappa shape index (κ1) is 20.1. The topological polar surface area (TPSA) is 68.3 Å². The zero-order valence-electron chi connectivity index (χ0n) is 18.2. The van der Waals surface area contributed by atoms with Gasteiger partial charge in [-0.25, -0.2) is 0 Å². The van der Waals surface area contributed by atoms with Gasteiger partial charge in [-0.15, -0.1) is 0 Å². The summed E-state index contributed by atoms with van der Waals surface area (Å²) in [6.07, 6.45) is 0. The van der Waals surface area contributed by atoms with Gasteiger partial charge in [-0.05, 0) is 29.3 Å². The Balaban J connectivity index is 1.45. The second kappa shape index (κ2) is 6.84. The quantitative estimate of drug-likeness (QED) is 0.282. The number of fused-ring (bicyclic) bond motifs is 8. The van der Waals surface area contributed by atoms with Crippen LogP contribution in [0.2, 0.25) is 0 Å². The zero-order chi connectivity index (χ0) is 24.0. The normalized spacial score (nSPS) is 15.0. The molecule has 1 aliphatic heterocycles. The molecule has 0 atom stereocenters. The van der Waals surface area contributed by atoms with E-state index in [1.54, 1.807) is 72.8 Å². The summed E-state index contributed by atoms with van der Waals surface area (Å²) in [5, 5.41) is 0. The Kier molecular flexibility index (Phi) is 3.92. The van der Waals surface area contributed by atoms with Crippen LogP contribution in [0.4, 0.5) is 0 Å². The molecule has 0 unspecified atom stereocenters. The molecule has 0 spiro atoms. The van der Waals surface area contributed by atoms with E-state index in [-0.39, 0.29) is 23.1 Å². The summed E-state index contributed by atoms with van der Waals surface area (Å²) < 4.78 is 0. The van der Waals surface area contributed by atoms with Gasteiger partial charge in [0.2, 0.25) is 0 Å². The van der Waals surface area contributed by atoms with E-state index in [0.717, 1.165) is 4.90 Å². The summed E-state index contributed by atoms with van der Waals surface area (Å²) in [6.45, 7) is 4.28. The Morgan fingerprint density at radius 3 is 1.51 bits per heavy atom. The van der Waals surface area contributed by atoms with E-state index in [1.165, 1.54) is 11.8 Å². The van der Waals surface area contributed by atoms with Gasteiger partial charge in [0.25, 0.3) is 0 Å². The first-order valence-electron chi connectivity index (χ1n) is 11.1. The molecule has 5 heteroatoms. The lowest BCUT2D eigenvalue weighted by Gasteiger charge is -2.30. The minimum absolute atomic E-state index is 0.183. The molecule has 0 aromatic heterocycles.